The van der Waals surface area contributed by atoms with Crippen molar-refractivity contribution in [2.45, 2.75) is 13.0 Å². The number of ether oxygens (including phenoxy) is 2. The molecule has 0 amide bonds. The summed E-state index contributed by atoms with van der Waals surface area (Å²) in [4.78, 5) is 10.4. The summed E-state index contributed by atoms with van der Waals surface area (Å²) in [5.41, 5.74) is 0. The van der Waals surface area contributed by atoms with E-state index in [4.69, 9.17) is 5.41 Å². The van der Waals surface area contributed by atoms with Gasteiger partial charge in [-0.2, -0.15) is 0 Å². The van der Waals surface area contributed by atoms with Crippen LogP contribution in [0.25, 0.3) is 0 Å². The number of rotatable bonds is 3. The van der Waals surface area contributed by atoms with Crippen LogP contribution in [0.4, 0.5) is 0 Å². The minimum absolute atomic E-state index is 0.505. The summed E-state index contributed by atoms with van der Waals surface area (Å²) >= 11 is 0. The summed E-state index contributed by atoms with van der Waals surface area (Å²) in [6.45, 7) is 1.48. The minimum Gasteiger partial charge on any atom is -0.466 e. The van der Waals surface area contributed by atoms with Crippen LogP contribution < -0.4 is 0 Å². The first-order chi connectivity index (χ1) is 4.22. The first-order valence-electron chi connectivity index (χ1n) is 2.37. The van der Waals surface area contributed by atoms with E-state index in [1.165, 1.54) is 14.0 Å². The summed E-state index contributed by atoms with van der Waals surface area (Å²) in [5, 5.41) is 6.32. The van der Waals surface area contributed by atoms with Gasteiger partial charge in [0.1, 0.15) is 0 Å². The van der Waals surface area contributed by atoms with Crippen molar-refractivity contribution in [1.29, 1.82) is 5.41 Å². The molecule has 51 valence electrons. The Hall–Kier alpha value is -1.06. The fourth-order valence-electron chi connectivity index (χ4n) is 0.302. The predicted molar refractivity (Wildman–Crippen MR) is 30.3 cm³/mol. The summed E-state index contributed by atoms with van der Waals surface area (Å²) in [7, 11) is 1.26. The number of methoxy groups -OCH3 is 1. The van der Waals surface area contributed by atoms with Crippen LogP contribution in [0.15, 0.2) is 0 Å². The Balaban J connectivity index is 3.58. The zero-order valence-corrected chi connectivity index (χ0v) is 5.30. The standard InChI is InChI=1S/C5H8NO3/c1-4(9-3-6)5(7)8-2/h4,6H,1-2H3. The zero-order chi connectivity index (χ0) is 7.28. The first-order valence-corrected chi connectivity index (χ1v) is 2.37. The van der Waals surface area contributed by atoms with Crippen molar-refractivity contribution in [1.82, 2.24) is 0 Å². The van der Waals surface area contributed by atoms with Crippen LogP contribution in [-0.2, 0) is 14.3 Å². The number of carbonyl (C=O) groups excluding carboxylic acids is 1. The SMILES string of the molecule is COC(=O)C(C)O[C]=N. The van der Waals surface area contributed by atoms with Crippen molar-refractivity contribution in [2.24, 2.45) is 0 Å². The highest BCUT2D eigenvalue weighted by Gasteiger charge is 2.11. The largest absolute Gasteiger partial charge is 0.466 e. The van der Waals surface area contributed by atoms with E-state index in [1.807, 2.05) is 0 Å². The van der Waals surface area contributed by atoms with Crippen molar-refractivity contribution >= 4 is 12.4 Å². The van der Waals surface area contributed by atoms with E-state index in [0.717, 1.165) is 0 Å². The zero-order valence-electron chi connectivity index (χ0n) is 5.30. The number of esters is 1. The van der Waals surface area contributed by atoms with Crippen LogP contribution in [0.3, 0.4) is 0 Å². The van der Waals surface area contributed by atoms with Gasteiger partial charge in [-0.15, -0.1) is 0 Å². The Morgan fingerprint density at radius 1 is 1.78 bits per heavy atom. The van der Waals surface area contributed by atoms with Crippen LogP contribution >= 0.6 is 0 Å². The summed E-state index contributed by atoms with van der Waals surface area (Å²) < 4.78 is 8.61. The van der Waals surface area contributed by atoms with E-state index >= 15 is 0 Å². The van der Waals surface area contributed by atoms with E-state index < -0.39 is 12.1 Å². The van der Waals surface area contributed by atoms with Gasteiger partial charge in [0, 0.05) is 0 Å². The van der Waals surface area contributed by atoms with E-state index in [0.29, 0.717) is 0 Å². The minimum atomic E-state index is -0.729. The van der Waals surface area contributed by atoms with Crippen LogP contribution in [0.1, 0.15) is 6.92 Å². The molecule has 0 aromatic heterocycles. The van der Waals surface area contributed by atoms with Gasteiger partial charge in [-0.05, 0) is 6.92 Å². The van der Waals surface area contributed by atoms with Crippen molar-refractivity contribution < 1.29 is 14.3 Å². The molecule has 4 nitrogen and oxygen atoms in total. The van der Waals surface area contributed by atoms with Crippen molar-refractivity contribution in [3.63, 3.8) is 0 Å². The lowest BCUT2D eigenvalue weighted by Gasteiger charge is -2.04. The van der Waals surface area contributed by atoms with Crippen LogP contribution in [0, 0.1) is 5.41 Å². The van der Waals surface area contributed by atoms with Crippen LogP contribution in [0.2, 0.25) is 0 Å². The molecule has 1 radical (unpaired) electrons. The van der Waals surface area contributed by atoms with Gasteiger partial charge in [0.25, 0.3) is 6.40 Å². The molecule has 0 aromatic carbocycles. The van der Waals surface area contributed by atoms with Gasteiger partial charge >= 0.3 is 5.97 Å². The summed E-state index contributed by atoms with van der Waals surface area (Å²) in [5.74, 6) is -0.505. The van der Waals surface area contributed by atoms with E-state index in [2.05, 4.69) is 9.47 Å². The molecule has 1 unspecified atom stereocenters. The molecule has 0 aromatic rings. The third-order valence-corrected chi connectivity index (χ3v) is 0.769. The second-order valence-electron chi connectivity index (χ2n) is 1.39. The Kier molecular flexibility index (Phi) is 3.43. The average Bonchev–Trinajstić information content (AvgIpc) is 1.87. The maximum absolute atomic E-state index is 10.4. The molecule has 0 aliphatic carbocycles. The number of nitrogens with one attached hydrogen (secondary N) is 1. The van der Waals surface area contributed by atoms with Crippen LogP contribution in [-0.4, -0.2) is 25.6 Å². The van der Waals surface area contributed by atoms with Gasteiger partial charge in [0.15, 0.2) is 6.10 Å². The molecule has 4 heteroatoms. The molecule has 9 heavy (non-hydrogen) atoms. The van der Waals surface area contributed by atoms with Gasteiger partial charge in [0.05, 0.1) is 7.11 Å². The van der Waals surface area contributed by atoms with E-state index in [-0.39, 0.29) is 0 Å². The third kappa shape index (κ3) is 2.69. The average molecular weight is 130 g/mol. The fourth-order valence-corrected chi connectivity index (χ4v) is 0.302. The maximum atomic E-state index is 10.4. The van der Waals surface area contributed by atoms with E-state index in [1.54, 1.807) is 6.40 Å². The topological polar surface area (TPSA) is 59.4 Å². The molecule has 0 saturated carbocycles. The van der Waals surface area contributed by atoms with Gasteiger partial charge in [-0.1, -0.05) is 0 Å². The quantitative estimate of drug-likeness (QED) is 0.333. The molecule has 0 bridgehead atoms. The second kappa shape index (κ2) is 3.88. The highest BCUT2D eigenvalue weighted by atomic mass is 16.6. The number of hydrogen-bond acceptors (Lipinski definition) is 4. The molecule has 0 spiro atoms. The molecule has 0 aliphatic heterocycles. The van der Waals surface area contributed by atoms with Crippen molar-refractivity contribution in [2.75, 3.05) is 7.11 Å². The molecule has 1 N–H and O–H groups in total. The molecule has 0 fully saturated rings. The molecule has 0 aliphatic rings. The third-order valence-electron chi connectivity index (χ3n) is 0.769. The molecule has 1 atom stereocenters. The lowest BCUT2D eigenvalue weighted by atomic mass is 10.4. The molecular formula is C5H8NO3. The number of carbonyl (C=O) groups is 1. The lowest BCUT2D eigenvalue weighted by molar-refractivity contribution is -0.148. The molecule has 0 heterocycles. The molecular weight excluding hydrogens is 122 g/mol. The molecule has 0 rings (SSSR count). The Morgan fingerprint density at radius 2 is 2.33 bits per heavy atom. The second-order valence-corrected chi connectivity index (χ2v) is 1.39. The highest BCUT2D eigenvalue weighted by molar-refractivity contribution is 5.75. The van der Waals surface area contributed by atoms with Gasteiger partial charge in [-0.25, -0.2) is 4.79 Å². The first kappa shape index (κ1) is 7.94. The fraction of sp³-hybridized carbons (Fsp3) is 0.600. The summed E-state index contributed by atoms with van der Waals surface area (Å²) in [6.07, 6.45) is 0.903. The Labute approximate surface area is 53.3 Å². The molecule has 0 saturated heterocycles. The van der Waals surface area contributed by atoms with Gasteiger partial charge in [0.2, 0.25) is 0 Å². The number of hydrogen-bond donors (Lipinski definition) is 1. The van der Waals surface area contributed by atoms with Crippen molar-refractivity contribution in [3.8, 4) is 0 Å². The Bertz CT molecular complexity index is 113. The Morgan fingerprint density at radius 3 is 2.67 bits per heavy atom. The normalized spacial score (nSPS) is 11.8. The lowest BCUT2D eigenvalue weighted by Crippen LogP contribution is -2.20. The van der Waals surface area contributed by atoms with Gasteiger partial charge in [-0.3, -0.25) is 5.41 Å². The maximum Gasteiger partial charge on any atom is 0.346 e. The van der Waals surface area contributed by atoms with Crippen molar-refractivity contribution in [3.05, 3.63) is 0 Å². The summed E-state index contributed by atoms with van der Waals surface area (Å²) in [6, 6.07) is 0. The van der Waals surface area contributed by atoms with E-state index in [9.17, 15) is 4.79 Å². The smallest absolute Gasteiger partial charge is 0.346 e. The van der Waals surface area contributed by atoms with Crippen LogP contribution in [0.5, 0.6) is 0 Å². The highest BCUT2D eigenvalue weighted by Crippen LogP contribution is 1.89. The monoisotopic (exact) mass is 130 g/mol. The van der Waals surface area contributed by atoms with Gasteiger partial charge < -0.3 is 9.47 Å². The predicted octanol–water partition coefficient (Wildman–Crippen LogP) is 0.0486.